The third-order valence-corrected chi connectivity index (χ3v) is 5.44. The number of benzene rings is 2. The van der Waals surface area contributed by atoms with Crippen molar-refractivity contribution >= 4 is 11.3 Å². The van der Waals surface area contributed by atoms with Gasteiger partial charge in [-0.1, -0.05) is 72.7 Å². The lowest BCUT2D eigenvalue weighted by molar-refractivity contribution is 0.363. The first-order chi connectivity index (χ1) is 13.3. The van der Waals surface area contributed by atoms with E-state index < -0.39 is 0 Å². The lowest BCUT2D eigenvalue weighted by Gasteiger charge is -2.16. The zero-order valence-electron chi connectivity index (χ0n) is 15.1. The van der Waals surface area contributed by atoms with Crippen LogP contribution in [0.1, 0.15) is 34.9 Å². The van der Waals surface area contributed by atoms with Crippen molar-refractivity contribution in [2.75, 3.05) is 0 Å². The van der Waals surface area contributed by atoms with E-state index in [1.165, 1.54) is 16.0 Å². The molecule has 2 aromatic heterocycles. The van der Waals surface area contributed by atoms with E-state index in [1.54, 1.807) is 11.3 Å². The molecule has 27 heavy (non-hydrogen) atoms. The first-order valence-corrected chi connectivity index (χ1v) is 9.95. The van der Waals surface area contributed by atoms with Crippen LogP contribution in [0.2, 0.25) is 0 Å². The maximum Gasteiger partial charge on any atom is 0.240 e. The van der Waals surface area contributed by atoms with Crippen LogP contribution < -0.4 is 5.32 Å². The third kappa shape index (κ3) is 4.15. The zero-order chi connectivity index (χ0) is 18.5. The smallest absolute Gasteiger partial charge is 0.240 e. The highest BCUT2D eigenvalue weighted by atomic mass is 32.1. The van der Waals surface area contributed by atoms with Crippen molar-refractivity contribution in [1.82, 2.24) is 15.5 Å². The van der Waals surface area contributed by atoms with E-state index in [4.69, 9.17) is 4.52 Å². The molecule has 0 spiro atoms. The molecule has 0 fully saturated rings. The number of hydrogen-bond donors (Lipinski definition) is 1. The van der Waals surface area contributed by atoms with Gasteiger partial charge in [0.15, 0.2) is 0 Å². The SMILES string of the molecule is CCc1ccc(-c2noc(CN[C@@H](c3ccccc3)c3cccs3)n2)cc1. The predicted octanol–water partition coefficient (Wildman–Crippen LogP) is 5.24. The van der Waals surface area contributed by atoms with E-state index >= 15 is 0 Å². The topological polar surface area (TPSA) is 51.0 Å². The maximum absolute atomic E-state index is 5.46. The highest BCUT2D eigenvalue weighted by molar-refractivity contribution is 7.10. The van der Waals surface area contributed by atoms with Crippen molar-refractivity contribution in [2.24, 2.45) is 0 Å². The quantitative estimate of drug-likeness (QED) is 0.480. The van der Waals surface area contributed by atoms with Crippen LogP contribution in [-0.2, 0) is 13.0 Å². The number of aromatic nitrogens is 2. The number of nitrogens with one attached hydrogen (secondary N) is 1. The van der Waals surface area contributed by atoms with Gasteiger partial charge in [-0.15, -0.1) is 11.3 Å². The molecule has 2 aromatic carbocycles. The van der Waals surface area contributed by atoms with Crippen molar-refractivity contribution in [3.63, 3.8) is 0 Å². The largest absolute Gasteiger partial charge is 0.338 e. The van der Waals surface area contributed by atoms with Gasteiger partial charge in [0.05, 0.1) is 12.6 Å². The molecular weight excluding hydrogens is 354 g/mol. The number of aryl methyl sites for hydroxylation is 1. The second kappa shape index (κ2) is 8.29. The molecule has 0 aliphatic rings. The van der Waals surface area contributed by atoms with Gasteiger partial charge in [-0.3, -0.25) is 5.32 Å². The van der Waals surface area contributed by atoms with Crippen LogP contribution in [0.5, 0.6) is 0 Å². The minimum absolute atomic E-state index is 0.102. The highest BCUT2D eigenvalue weighted by Crippen LogP contribution is 2.26. The molecular formula is C22H21N3OS. The molecule has 4 rings (SSSR count). The normalized spacial score (nSPS) is 12.2. The van der Waals surface area contributed by atoms with Gasteiger partial charge in [-0.05, 0) is 29.0 Å². The van der Waals surface area contributed by atoms with E-state index in [-0.39, 0.29) is 6.04 Å². The Bertz CT molecular complexity index is 962. The highest BCUT2D eigenvalue weighted by Gasteiger charge is 2.16. The summed E-state index contributed by atoms with van der Waals surface area (Å²) in [5.41, 5.74) is 3.49. The Balaban J connectivity index is 1.49. The molecule has 0 aliphatic heterocycles. The number of rotatable bonds is 7. The van der Waals surface area contributed by atoms with Crippen LogP contribution >= 0.6 is 11.3 Å². The number of thiophene rings is 1. The second-order valence-electron chi connectivity index (χ2n) is 6.30. The van der Waals surface area contributed by atoms with E-state index in [2.05, 4.69) is 76.3 Å². The summed E-state index contributed by atoms with van der Waals surface area (Å²) in [5, 5.41) is 9.78. The summed E-state index contributed by atoms with van der Waals surface area (Å²) in [6, 6.07) is 23.0. The van der Waals surface area contributed by atoms with Crippen LogP contribution in [0.15, 0.2) is 76.6 Å². The Hall–Kier alpha value is -2.76. The van der Waals surface area contributed by atoms with Crippen LogP contribution in [0.4, 0.5) is 0 Å². The summed E-state index contributed by atoms with van der Waals surface area (Å²) in [5.74, 6) is 1.21. The Morgan fingerprint density at radius 1 is 1.00 bits per heavy atom. The molecule has 0 aliphatic carbocycles. The lowest BCUT2D eigenvalue weighted by atomic mass is 10.1. The fraction of sp³-hybridized carbons (Fsp3) is 0.182. The molecule has 0 amide bonds. The Morgan fingerprint density at radius 2 is 1.81 bits per heavy atom. The minimum Gasteiger partial charge on any atom is -0.338 e. The first-order valence-electron chi connectivity index (χ1n) is 9.07. The molecule has 0 radical (unpaired) electrons. The summed E-state index contributed by atoms with van der Waals surface area (Å²) in [7, 11) is 0. The summed E-state index contributed by atoms with van der Waals surface area (Å²) < 4.78 is 5.46. The van der Waals surface area contributed by atoms with E-state index in [0.29, 0.717) is 18.3 Å². The van der Waals surface area contributed by atoms with Gasteiger partial charge in [0.1, 0.15) is 0 Å². The van der Waals surface area contributed by atoms with E-state index in [1.807, 2.05) is 18.2 Å². The molecule has 0 saturated heterocycles. The molecule has 0 unspecified atom stereocenters. The predicted molar refractivity (Wildman–Crippen MR) is 109 cm³/mol. The molecule has 0 saturated carbocycles. The van der Waals surface area contributed by atoms with Crippen molar-refractivity contribution in [3.8, 4) is 11.4 Å². The fourth-order valence-corrected chi connectivity index (χ4v) is 3.83. The molecule has 2 heterocycles. The molecule has 5 heteroatoms. The van der Waals surface area contributed by atoms with Crippen LogP contribution in [0.25, 0.3) is 11.4 Å². The zero-order valence-corrected chi connectivity index (χ0v) is 15.9. The van der Waals surface area contributed by atoms with E-state index in [0.717, 1.165) is 12.0 Å². The standard InChI is InChI=1S/C22H21N3OS/c1-2-16-10-12-18(13-11-16)22-24-20(26-25-22)15-23-21(19-9-6-14-27-19)17-7-4-3-5-8-17/h3-14,21,23H,2,15H2,1H3/t21-/m0/s1. The van der Waals surface area contributed by atoms with Gasteiger partial charge >= 0.3 is 0 Å². The Labute approximate surface area is 162 Å². The van der Waals surface area contributed by atoms with Crippen molar-refractivity contribution in [3.05, 3.63) is 94.0 Å². The molecule has 1 N–H and O–H groups in total. The monoisotopic (exact) mass is 375 g/mol. The Kier molecular flexibility index (Phi) is 5.42. The van der Waals surface area contributed by atoms with E-state index in [9.17, 15) is 0 Å². The van der Waals surface area contributed by atoms with Gasteiger partial charge in [0.25, 0.3) is 0 Å². The van der Waals surface area contributed by atoms with Crippen molar-refractivity contribution < 1.29 is 4.52 Å². The first kappa shape index (κ1) is 17.6. The van der Waals surface area contributed by atoms with Crippen molar-refractivity contribution in [2.45, 2.75) is 25.9 Å². The molecule has 4 nitrogen and oxygen atoms in total. The fourth-order valence-electron chi connectivity index (χ4n) is 3.01. The number of nitrogens with zero attached hydrogens (tertiary/aromatic N) is 2. The van der Waals surface area contributed by atoms with Crippen LogP contribution in [0, 0.1) is 0 Å². The van der Waals surface area contributed by atoms with Crippen LogP contribution in [0.3, 0.4) is 0 Å². The number of hydrogen-bond acceptors (Lipinski definition) is 5. The molecule has 136 valence electrons. The van der Waals surface area contributed by atoms with Gasteiger partial charge in [0, 0.05) is 10.4 Å². The average molecular weight is 375 g/mol. The molecule has 1 atom stereocenters. The molecule has 4 aromatic rings. The molecule has 0 bridgehead atoms. The second-order valence-corrected chi connectivity index (χ2v) is 7.28. The maximum atomic E-state index is 5.46. The van der Waals surface area contributed by atoms with Gasteiger partial charge < -0.3 is 4.52 Å². The third-order valence-electron chi connectivity index (χ3n) is 4.51. The minimum atomic E-state index is 0.102. The lowest BCUT2D eigenvalue weighted by Crippen LogP contribution is -2.21. The van der Waals surface area contributed by atoms with Gasteiger partial charge in [-0.2, -0.15) is 4.98 Å². The summed E-state index contributed by atoms with van der Waals surface area (Å²) in [4.78, 5) is 5.81. The van der Waals surface area contributed by atoms with Crippen LogP contribution in [-0.4, -0.2) is 10.1 Å². The van der Waals surface area contributed by atoms with Crippen molar-refractivity contribution in [1.29, 1.82) is 0 Å². The Morgan fingerprint density at radius 3 is 2.52 bits per heavy atom. The summed E-state index contributed by atoms with van der Waals surface area (Å²) in [6.07, 6.45) is 1.02. The van der Waals surface area contributed by atoms with Gasteiger partial charge in [0.2, 0.25) is 11.7 Å². The summed E-state index contributed by atoms with van der Waals surface area (Å²) >= 11 is 1.74. The van der Waals surface area contributed by atoms with Gasteiger partial charge in [-0.25, -0.2) is 0 Å². The summed E-state index contributed by atoms with van der Waals surface area (Å²) in [6.45, 7) is 2.65. The average Bonchev–Trinajstić information content (AvgIpc) is 3.42.